The van der Waals surface area contributed by atoms with E-state index in [4.69, 9.17) is 4.74 Å². The van der Waals surface area contributed by atoms with Crippen molar-refractivity contribution < 1.29 is 23.2 Å². The highest BCUT2D eigenvalue weighted by Crippen LogP contribution is 2.10. The first-order valence-corrected chi connectivity index (χ1v) is 7.09. The maximum atomic E-state index is 13.2. The Morgan fingerprint density at radius 3 is 2.83 bits per heavy atom. The average Bonchev–Trinajstić information content (AvgIpc) is 3.04. The third-order valence-corrected chi connectivity index (χ3v) is 2.97. The topological polar surface area (TPSA) is 96.7 Å². The molecular formula is C15H17FN4O4. The molecule has 0 spiro atoms. The third kappa shape index (κ3) is 5.36. The van der Waals surface area contributed by atoms with Crippen LogP contribution in [0.2, 0.25) is 0 Å². The van der Waals surface area contributed by atoms with Crippen molar-refractivity contribution in [1.29, 1.82) is 0 Å². The summed E-state index contributed by atoms with van der Waals surface area (Å²) in [7, 11) is 1.48. The minimum absolute atomic E-state index is 0.184. The van der Waals surface area contributed by atoms with Gasteiger partial charge in [-0.1, -0.05) is 11.2 Å². The van der Waals surface area contributed by atoms with Crippen LogP contribution in [0.1, 0.15) is 0 Å². The van der Waals surface area contributed by atoms with E-state index in [0.29, 0.717) is 5.69 Å². The van der Waals surface area contributed by atoms with E-state index >= 15 is 0 Å². The number of carbonyl (C=O) groups excluding carboxylic acids is 2. The number of methoxy groups -OCH3 is 1. The summed E-state index contributed by atoms with van der Waals surface area (Å²) in [5.74, 6) is -0.674. The second-order valence-corrected chi connectivity index (χ2v) is 4.79. The molecule has 2 rings (SSSR count). The molecule has 0 bridgehead atoms. The van der Waals surface area contributed by atoms with Gasteiger partial charge in [0.15, 0.2) is 5.82 Å². The molecule has 0 fully saturated rings. The lowest BCUT2D eigenvalue weighted by Crippen LogP contribution is -2.42. The van der Waals surface area contributed by atoms with Crippen LogP contribution < -0.4 is 10.6 Å². The van der Waals surface area contributed by atoms with E-state index in [1.54, 1.807) is 6.07 Å². The van der Waals surface area contributed by atoms with Gasteiger partial charge in [-0.3, -0.25) is 4.79 Å². The van der Waals surface area contributed by atoms with Gasteiger partial charge in [-0.05, 0) is 18.2 Å². The van der Waals surface area contributed by atoms with E-state index in [2.05, 4.69) is 20.3 Å². The Bertz CT molecular complexity index is 678. The van der Waals surface area contributed by atoms with Crippen LogP contribution in [0.3, 0.4) is 0 Å². The molecule has 1 aromatic carbocycles. The molecule has 0 atom stereocenters. The average molecular weight is 336 g/mol. The molecule has 2 N–H and O–H groups in total. The van der Waals surface area contributed by atoms with Crippen LogP contribution in [0.4, 0.5) is 20.7 Å². The first-order chi connectivity index (χ1) is 11.6. The number of nitrogens with one attached hydrogen (secondary N) is 2. The quantitative estimate of drug-likeness (QED) is 0.805. The zero-order chi connectivity index (χ0) is 17.4. The van der Waals surface area contributed by atoms with Crippen molar-refractivity contribution >= 4 is 23.4 Å². The van der Waals surface area contributed by atoms with Crippen molar-refractivity contribution in [1.82, 2.24) is 10.1 Å². The molecule has 24 heavy (non-hydrogen) atoms. The fraction of sp³-hybridized carbons (Fsp3) is 0.267. The van der Waals surface area contributed by atoms with Crippen molar-refractivity contribution in [2.45, 2.75) is 0 Å². The Morgan fingerprint density at radius 1 is 1.33 bits per heavy atom. The Labute approximate surface area is 137 Å². The summed E-state index contributed by atoms with van der Waals surface area (Å²) in [6.07, 6.45) is 1.31. The second-order valence-electron chi connectivity index (χ2n) is 4.79. The van der Waals surface area contributed by atoms with Crippen LogP contribution in [-0.2, 0) is 9.53 Å². The van der Waals surface area contributed by atoms with Gasteiger partial charge in [-0.15, -0.1) is 0 Å². The molecule has 8 nitrogen and oxygen atoms in total. The molecule has 1 heterocycles. The van der Waals surface area contributed by atoms with E-state index in [-0.39, 0.29) is 25.5 Å². The monoisotopic (exact) mass is 336 g/mol. The predicted octanol–water partition coefficient (Wildman–Crippen LogP) is 1.93. The molecule has 1 aromatic heterocycles. The molecule has 9 heteroatoms. The lowest BCUT2D eigenvalue weighted by atomic mass is 10.3. The van der Waals surface area contributed by atoms with Gasteiger partial charge in [0.05, 0.1) is 6.61 Å². The Morgan fingerprint density at radius 2 is 2.17 bits per heavy atom. The lowest BCUT2D eigenvalue weighted by Gasteiger charge is -2.22. The summed E-state index contributed by atoms with van der Waals surface area (Å²) in [4.78, 5) is 25.5. The first-order valence-electron chi connectivity index (χ1n) is 7.09. The number of anilines is 2. The smallest absolute Gasteiger partial charge is 0.322 e. The normalized spacial score (nSPS) is 10.2. The zero-order valence-electron chi connectivity index (χ0n) is 13.0. The van der Waals surface area contributed by atoms with Gasteiger partial charge >= 0.3 is 6.03 Å². The van der Waals surface area contributed by atoms with Crippen molar-refractivity contribution in [3.05, 3.63) is 42.4 Å². The summed E-state index contributed by atoms with van der Waals surface area (Å²) in [6, 6.07) is 6.40. The Hall–Kier alpha value is -2.94. The fourth-order valence-electron chi connectivity index (χ4n) is 1.86. The number of ether oxygens (including phenoxy) is 1. The van der Waals surface area contributed by atoms with Crippen LogP contribution in [-0.4, -0.2) is 48.8 Å². The Kier molecular flexibility index (Phi) is 6.26. The highest BCUT2D eigenvalue weighted by molar-refractivity contribution is 5.96. The fourth-order valence-corrected chi connectivity index (χ4v) is 1.86. The van der Waals surface area contributed by atoms with Crippen molar-refractivity contribution in [2.24, 2.45) is 0 Å². The summed E-state index contributed by atoms with van der Waals surface area (Å²) < 4.78 is 22.7. The molecule has 0 saturated carbocycles. The minimum Gasteiger partial charge on any atom is -0.383 e. The number of nitrogens with zero attached hydrogens (tertiary/aromatic N) is 2. The zero-order valence-corrected chi connectivity index (χ0v) is 13.0. The number of amides is 3. The van der Waals surface area contributed by atoms with Gasteiger partial charge in [-0.25, -0.2) is 9.18 Å². The molecule has 3 amide bonds. The van der Waals surface area contributed by atoms with Crippen molar-refractivity contribution in [2.75, 3.05) is 37.4 Å². The van der Waals surface area contributed by atoms with Crippen LogP contribution >= 0.6 is 0 Å². The largest absolute Gasteiger partial charge is 0.383 e. The maximum absolute atomic E-state index is 13.2. The summed E-state index contributed by atoms with van der Waals surface area (Å²) >= 11 is 0. The standard InChI is InChI=1S/C15H17FN4O4/c1-23-8-6-20(10-14(21)18-13-5-7-24-19-13)15(22)17-12-4-2-3-11(16)9-12/h2-5,7,9H,6,8,10H2,1H3,(H,17,22)(H,18,19,21). The van der Waals surface area contributed by atoms with Crippen molar-refractivity contribution in [3.63, 3.8) is 0 Å². The maximum Gasteiger partial charge on any atom is 0.322 e. The molecule has 0 saturated heterocycles. The molecule has 0 aliphatic heterocycles. The van der Waals surface area contributed by atoms with Gasteiger partial charge in [0, 0.05) is 25.4 Å². The predicted molar refractivity (Wildman–Crippen MR) is 84.0 cm³/mol. The third-order valence-electron chi connectivity index (χ3n) is 2.97. The first kappa shape index (κ1) is 17.4. The van der Waals surface area contributed by atoms with Gasteiger partial charge in [-0.2, -0.15) is 0 Å². The summed E-state index contributed by atoms with van der Waals surface area (Å²) in [5.41, 5.74) is 0.291. The number of hydrogen-bond donors (Lipinski definition) is 2. The molecule has 2 aromatic rings. The number of carbonyl (C=O) groups is 2. The van der Waals surface area contributed by atoms with Gasteiger partial charge in [0.1, 0.15) is 18.6 Å². The van der Waals surface area contributed by atoms with Crippen LogP contribution in [0, 0.1) is 5.82 Å². The van der Waals surface area contributed by atoms with E-state index < -0.39 is 17.8 Å². The lowest BCUT2D eigenvalue weighted by molar-refractivity contribution is -0.116. The highest BCUT2D eigenvalue weighted by atomic mass is 19.1. The van der Waals surface area contributed by atoms with Crippen LogP contribution in [0.5, 0.6) is 0 Å². The summed E-state index contributed by atoms with van der Waals surface area (Å²) in [6.45, 7) is 0.203. The number of halogens is 1. The number of aromatic nitrogens is 1. The molecule has 0 unspecified atom stereocenters. The molecular weight excluding hydrogens is 319 g/mol. The van der Waals surface area contributed by atoms with Crippen LogP contribution in [0.15, 0.2) is 41.1 Å². The van der Waals surface area contributed by atoms with E-state index in [9.17, 15) is 14.0 Å². The SMILES string of the molecule is COCCN(CC(=O)Nc1ccon1)C(=O)Nc1cccc(F)c1. The van der Waals surface area contributed by atoms with E-state index in [1.807, 2.05) is 0 Å². The van der Waals surface area contributed by atoms with Crippen molar-refractivity contribution in [3.8, 4) is 0 Å². The van der Waals surface area contributed by atoms with E-state index in [1.165, 1.54) is 42.5 Å². The van der Waals surface area contributed by atoms with Gasteiger partial charge in [0.25, 0.3) is 0 Å². The van der Waals surface area contributed by atoms with Gasteiger partial charge < -0.3 is 24.8 Å². The molecule has 128 valence electrons. The molecule has 0 aliphatic rings. The summed E-state index contributed by atoms with van der Waals surface area (Å²) in [5, 5.41) is 8.58. The van der Waals surface area contributed by atoms with Gasteiger partial charge in [0.2, 0.25) is 5.91 Å². The van der Waals surface area contributed by atoms with Crippen LogP contribution in [0.25, 0.3) is 0 Å². The number of urea groups is 1. The number of hydrogen-bond acceptors (Lipinski definition) is 5. The molecule has 0 radical (unpaired) electrons. The number of benzene rings is 1. The van der Waals surface area contributed by atoms with E-state index in [0.717, 1.165) is 0 Å². The Balaban J connectivity index is 1.97. The highest BCUT2D eigenvalue weighted by Gasteiger charge is 2.18. The number of rotatable bonds is 7. The molecule has 0 aliphatic carbocycles. The second kappa shape index (κ2) is 8.63. The minimum atomic E-state index is -0.548.